The van der Waals surface area contributed by atoms with E-state index in [0.29, 0.717) is 34.2 Å². The Balaban J connectivity index is 1.58. The number of carbonyl (C=O) groups excluding carboxylic acids is 2. The summed E-state index contributed by atoms with van der Waals surface area (Å²) in [6, 6.07) is 26.8. The van der Waals surface area contributed by atoms with Gasteiger partial charge in [0.2, 0.25) is 12.7 Å². The highest BCUT2D eigenvalue weighted by molar-refractivity contribution is 5.99. The van der Waals surface area contributed by atoms with Gasteiger partial charge >= 0.3 is 0 Å². The molecule has 8 nitrogen and oxygen atoms in total. The van der Waals surface area contributed by atoms with Gasteiger partial charge in [-0.25, -0.2) is 0 Å². The number of anilines is 1. The van der Waals surface area contributed by atoms with Gasteiger partial charge in [0.15, 0.2) is 11.5 Å². The zero-order chi connectivity index (χ0) is 28.8. The van der Waals surface area contributed by atoms with Crippen molar-refractivity contribution in [2.45, 2.75) is 25.9 Å². The first-order valence-electron chi connectivity index (χ1n) is 13.3. The number of benzene rings is 4. The van der Waals surface area contributed by atoms with Crippen molar-refractivity contribution in [2.75, 3.05) is 26.3 Å². The number of carbonyl (C=O) groups is 2. The maximum absolute atomic E-state index is 14.2. The Morgan fingerprint density at radius 3 is 2.39 bits per heavy atom. The van der Waals surface area contributed by atoms with Gasteiger partial charge in [0.05, 0.1) is 26.3 Å². The lowest BCUT2D eigenvalue weighted by molar-refractivity contribution is -0.139. The Bertz CT molecular complexity index is 1540. The molecule has 0 saturated heterocycles. The van der Waals surface area contributed by atoms with Crippen LogP contribution in [0.25, 0.3) is 0 Å². The summed E-state index contributed by atoms with van der Waals surface area (Å²) in [6.45, 7) is 2.32. The molecule has 8 heteroatoms. The van der Waals surface area contributed by atoms with E-state index in [9.17, 15) is 9.59 Å². The highest BCUT2D eigenvalue weighted by Gasteiger charge is 2.33. The van der Waals surface area contributed by atoms with Gasteiger partial charge in [-0.2, -0.15) is 0 Å². The number of rotatable bonds is 10. The molecular formula is C33H32N2O6. The number of aryl methyl sites for hydroxylation is 1. The van der Waals surface area contributed by atoms with E-state index in [2.05, 4.69) is 5.32 Å². The van der Waals surface area contributed by atoms with Crippen LogP contribution in [0.2, 0.25) is 0 Å². The molecular weight excluding hydrogens is 520 g/mol. The third-order valence-electron chi connectivity index (χ3n) is 7.06. The van der Waals surface area contributed by atoms with E-state index in [1.54, 1.807) is 48.4 Å². The molecule has 41 heavy (non-hydrogen) atoms. The van der Waals surface area contributed by atoms with Gasteiger partial charge < -0.3 is 29.2 Å². The number of nitrogens with one attached hydrogen (secondary N) is 1. The van der Waals surface area contributed by atoms with Gasteiger partial charge in [-0.3, -0.25) is 9.59 Å². The molecule has 1 atom stereocenters. The molecule has 1 heterocycles. The molecule has 1 aliphatic heterocycles. The summed E-state index contributed by atoms with van der Waals surface area (Å²) in [5, 5.41) is 2.99. The first-order chi connectivity index (χ1) is 20.0. The van der Waals surface area contributed by atoms with E-state index in [-0.39, 0.29) is 25.7 Å². The number of amides is 2. The smallest absolute Gasteiger partial charge is 0.251 e. The minimum absolute atomic E-state index is 0.0958. The molecule has 0 saturated carbocycles. The maximum atomic E-state index is 14.2. The number of nitrogens with zero attached hydrogens (tertiary/aromatic N) is 1. The molecule has 1 N–H and O–H groups in total. The topological polar surface area (TPSA) is 86.3 Å². The number of ether oxygens (including phenoxy) is 4. The van der Waals surface area contributed by atoms with Crippen LogP contribution in [-0.2, 0) is 22.6 Å². The maximum Gasteiger partial charge on any atom is 0.251 e. The van der Waals surface area contributed by atoms with Crippen molar-refractivity contribution in [3.63, 3.8) is 0 Å². The predicted octanol–water partition coefficient (Wildman–Crippen LogP) is 5.69. The molecule has 1 unspecified atom stereocenters. The molecule has 1 aliphatic rings. The number of hydrogen-bond donors (Lipinski definition) is 1. The molecule has 0 spiro atoms. The molecule has 4 aromatic rings. The third kappa shape index (κ3) is 6.27. The van der Waals surface area contributed by atoms with Crippen LogP contribution < -0.4 is 24.3 Å². The third-order valence-corrected chi connectivity index (χ3v) is 7.06. The summed E-state index contributed by atoms with van der Waals surface area (Å²) < 4.78 is 22.0. The highest BCUT2D eigenvalue weighted by atomic mass is 16.7. The molecule has 210 valence electrons. The first kappa shape index (κ1) is 27.6. The average molecular weight is 553 g/mol. The minimum Gasteiger partial charge on any atom is -0.497 e. The van der Waals surface area contributed by atoms with Gasteiger partial charge in [-0.05, 0) is 53.4 Å². The summed E-state index contributed by atoms with van der Waals surface area (Å²) in [5.41, 5.74) is 3.86. The van der Waals surface area contributed by atoms with Crippen LogP contribution in [-0.4, -0.2) is 37.7 Å². The lowest BCUT2D eigenvalue weighted by atomic mass is 9.99. The quantitative estimate of drug-likeness (QED) is 0.272. The minimum atomic E-state index is -0.993. The second kappa shape index (κ2) is 12.5. The Hall–Kier alpha value is -4.98. The van der Waals surface area contributed by atoms with E-state index < -0.39 is 11.9 Å². The average Bonchev–Trinajstić information content (AvgIpc) is 3.46. The van der Waals surface area contributed by atoms with Crippen LogP contribution in [0.1, 0.15) is 28.3 Å². The van der Waals surface area contributed by atoms with Gasteiger partial charge in [0, 0.05) is 12.6 Å². The van der Waals surface area contributed by atoms with Crippen LogP contribution in [0, 0.1) is 6.92 Å². The Kier molecular flexibility index (Phi) is 8.39. The van der Waals surface area contributed by atoms with Crippen LogP contribution in [0.4, 0.5) is 5.69 Å². The second-order valence-electron chi connectivity index (χ2n) is 9.68. The van der Waals surface area contributed by atoms with Crippen molar-refractivity contribution in [1.29, 1.82) is 0 Å². The fourth-order valence-electron chi connectivity index (χ4n) is 4.83. The Morgan fingerprint density at radius 2 is 1.63 bits per heavy atom. The lowest BCUT2D eigenvalue weighted by Gasteiger charge is -2.32. The molecule has 0 aromatic heterocycles. The normalized spacial score (nSPS) is 12.4. The van der Waals surface area contributed by atoms with E-state index in [1.165, 1.54) is 7.11 Å². The largest absolute Gasteiger partial charge is 0.497 e. The van der Waals surface area contributed by atoms with Crippen molar-refractivity contribution in [2.24, 2.45) is 0 Å². The first-order valence-corrected chi connectivity index (χ1v) is 13.3. The van der Waals surface area contributed by atoms with E-state index in [1.807, 2.05) is 61.5 Å². The van der Waals surface area contributed by atoms with Crippen LogP contribution in [0.5, 0.6) is 23.0 Å². The predicted molar refractivity (Wildman–Crippen MR) is 155 cm³/mol. The van der Waals surface area contributed by atoms with Crippen molar-refractivity contribution < 1.29 is 28.5 Å². The fraction of sp³-hybridized carbons (Fsp3) is 0.212. The SMILES string of the molecule is COc1ccc(NC(=O)C(c2ccc3c(c2)OCO3)N(Cc2ccccc2C)C(=O)Cc2ccccc2)c(OC)c1. The summed E-state index contributed by atoms with van der Waals surface area (Å²) in [4.78, 5) is 30.0. The second-order valence-corrected chi connectivity index (χ2v) is 9.68. The molecule has 4 aromatic carbocycles. The molecule has 5 rings (SSSR count). The van der Waals surface area contributed by atoms with Crippen molar-refractivity contribution in [1.82, 2.24) is 4.90 Å². The van der Waals surface area contributed by atoms with Crippen LogP contribution >= 0.6 is 0 Å². The van der Waals surface area contributed by atoms with E-state index >= 15 is 0 Å². The Morgan fingerprint density at radius 1 is 0.878 bits per heavy atom. The van der Waals surface area contributed by atoms with Crippen molar-refractivity contribution in [3.05, 3.63) is 113 Å². The zero-order valence-corrected chi connectivity index (χ0v) is 23.3. The van der Waals surface area contributed by atoms with Crippen LogP contribution in [0.15, 0.2) is 91.0 Å². The summed E-state index contributed by atoms with van der Waals surface area (Å²) >= 11 is 0. The summed E-state index contributed by atoms with van der Waals surface area (Å²) in [6.07, 6.45) is 0.132. The summed E-state index contributed by atoms with van der Waals surface area (Å²) in [5.74, 6) is 1.54. The Labute approximate surface area is 239 Å². The van der Waals surface area contributed by atoms with Gasteiger partial charge in [-0.1, -0.05) is 60.7 Å². The van der Waals surface area contributed by atoms with E-state index in [0.717, 1.165) is 16.7 Å². The highest BCUT2D eigenvalue weighted by Crippen LogP contribution is 2.37. The van der Waals surface area contributed by atoms with Crippen molar-refractivity contribution in [3.8, 4) is 23.0 Å². The van der Waals surface area contributed by atoms with Crippen LogP contribution in [0.3, 0.4) is 0 Å². The van der Waals surface area contributed by atoms with E-state index in [4.69, 9.17) is 18.9 Å². The van der Waals surface area contributed by atoms with Gasteiger partial charge in [0.25, 0.3) is 5.91 Å². The molecule has 0 bridgehead atoms. The fourth-order valence-corrected chi connectivity index (χ4v) is 4.83. The summed E-state index contributed by atoms with van der Waals surface area (Å²) in [7, 11) is 3.08. The molecule has 0 aliphatic carbocycles. The lowest BCUT2D eigenvalue weighted by Crippen LogP contribution is -2.41. The zero-order valence-electron chi connectivity index (χ0n) is 23.3. The number of fused-ring (bicyclic) bond motifs is 1. The van der Waals surface area contributed by atoms with Gasteiger partial charge in [0.1, 0.15) is 17.5 Å². The number of methoxy groups -OCH3 is 2. The molecule has 0 fully saturated rings. The van der Waals surface area contributed by atoms with Crippen molar-refractivity contribution >= 4 is 17.5 Å². The standard InChI is InChI=1S/C33H32N2O6/c1-22-9-7-8-12-25(22)20-35(31(36)17-23-10-5-4-6-11-23)32(24-13-16-28-30(18-24)41-21-40-28)33(37)34-27-15-14-26(38-2)19-29(27)39-3/h4-16,18-19,32H,17,20-21H2,1-3H3,(H,34,37). The monoisotopic (exact) mass is 552 g/mol. The molecule has 2 amide bonds. The molecule has 0 radical (unpaired) electrons. The van der Waals surface area contributed by atoms with Gasteiger partial charge in [-0.15, -0.1) is 0 Å². The number of hydrogen-bond acceptors (Lipinski definition) is 6.